The van der Waals surface area contributed by atoms with Gasteiger partial charge in [0, 0.05) is 30.7 Å². The molecule has 1 aliphatic heterocycles. The van der Waals surface area contributed by atoms with Gasteiger partial charge in [-0.1, -0.05) is 6.92 Å². The number of ether oxygens (including phenoxy) is 1. The molecule has 4 rings (SSSR count). The molecule has 142 valence electrons. The van der Waals surface area contributed by atoms with Crippen LogP contribution in [0.2, 0.25) is 0 Å². The summed E-state index contributed by atoms with van der Waals surface area (Å²) in [5, 5.41) is 3.67. The molecule has 5 heteroatoms. The van der Waals surface area contributed by atoms with Crippen LogP contribution in [0.15, 0.2) is 23.4 Å². The molecule has 0 aromatic carbocycles. The fourth-order valence-corrected chi connectivity index (χ4v) is 5.11. The van der Waals surface area contributed by atoms with Crippen LogP contribution in [0.4, 0.5) is 11.5 Å². The monoisotopic (exact) mass is 356 g/mol. The number of nitrogens with one attached hydrogen (secondary N) is 1. The normalized spacial score (nSPS) is 34.3. The van der Waals surface area contributed by atoms with Crippen LogP contribution in [0.1, 0.15) is 52.1 Å². The summed E-state index contributed by atoms with van der Waals surface area (Å²) in [5.41, 5.74) is 11.6. The molecular formula is C21H32N4O. The Bertz CT molecular complexity index is 721. The first-order chi connectivity index (χ1) is 12.3. The molecule has 0 spiro atoms. The molecule has 2 bridgehead atoms. The third-order valence-electron chi connectivity index (χ3n) is 5.97. The fraction of sp³-hybridized carbons (Fsp3) is 0.667. The quantitative estimate of drug-likeness (QED) is 0.866. The molecule has 0 radical (unpaired) electrons. The summed E-state index contributed by atoms with van der Waals surface area (Å²) in [7, 11) is 0. The molecule has 0 amide bonds. The molecule has 1 saturated carbocycles. The van der Waals surface area contributed by atoms with E-state index in [4.69, 9.17) is 15.5 Å². The van der Waals surface area contributed by atoms with Crippen LogP contribution in [0.3, 0.4) is 0 Å². The largest absolute Gasteiger partial charge is 0.372 e. The number of hydrogen-bond donors (Lipinski definition) is 2. The van der Waals surface area contributed by atoms with Gasteiger partial charge in [0.15, 0.2) is 0 Å². The predicted octanol–water partition coefficient (Wildman–Crippen LogP) is 3.59. The lowest BCUT2D eigenvalue weighted by atomic mass is 9.78. The van der Waals surface area contributed by atoms with E-state index < -0.39 is 0 Å². The Labute approximate surface area is 157 Å². The van der Waals surface area contributed by atoms with Crippen LogP contribution < -0.4 is 16.0 Å². The lowest BCUT2D eigenvalue weighted by Gasteiger charge is -2.36. The Hall–Kier alpha value is -1.59. The van der Waals surface area contributed by atoms with Crippen LogP contribution in [-0.4, -0.2) is 35.8 Å². The summed E-state index contributed by atoms with van der Waals surface area (Å²) in [6.45, 7) is 10.4. The fourth-order valence-electron chi connectivity index (χ4n) is 5.11. The molecule has 5 nitrogen and oxygen atoms in total. The van der Waals surface area contributed by atoms with Crippen LogP contribution >= 0.6 is 0 Å². The van der Waals surface area contributed by atoms with Gasteiger partial charge in [-0.15, -0.1) is 0 Å². The third kappa shape index (κ3) is 3.47. The summed E-state index contributed by atoms with van der Waals surface area (Å²) in [5.74, 6) is 1.73. The van der Waals surface area contributed by atoms with Gasteiger partial charge < -0.3 is 20.7 Å². The Morgan fingerprint density at radius 1 is 1.19 bits per heavy atom. The third-order valence-corrected chi connectivity index (χ3v) is 5.97. The predicted molar refractivity (Wildman–Crippen MR) is 106 cm³/mol. The Kier molecular flexibility index (Phi) is 4.48. The Balaban J connectivity index is 1.51. The molecule has 4 atom stereocenters. The number of hydrogen-bond acceptors (Lipinski definition) is 5. The summed E-state index contributed by atoms with van der Waals surface area (Å²) in [6, 6.07) is 4.30. The molecular weight excluding hydrogens is 324 g/mol. The molecule has 1 aromatic rings. The van der Waals surface area contributed by atoms with E-state index in [1.807, 2.05) is 0 Å². The van der Waals surface area contributed by atoms with Crippen molar-refractivity contribution in [3.8, 4) is 0 Å². The van der Waals surface area contributed by atoms with Crippen molar-refractivity contribution < 1.29 is 4.74 Å². The van der Waals surface area contributed by atoms with E-state index in [0.29, 0.717) is 5.92 Å². The minimum atomic E-state index is -0.0311. The number of rotatable bonds is 3. The van der Waals surface area contributed by atoms with Crippen LogP contribution in [0, 0.1) is 12.8 Å². The first kappa shape index (κ1) is 17.8. The van der Waals surface area contributed by atoms with E-state index in [0.717, 1.165) is 49.6 Å². The minimum absolute atomic E-state index is 0.0311. The van der Waals surface area contributed by atoms with Gasteiger partial charge in [-0.05, 0) is 63.7 Å². The van der Waals surface area contributed by atoms with Gasteiger partial charge >= 0.3 is 0 Å². The first-order valence-corrected chi connectivity index (χ1v) is 9.96. The topological polar surface area (TPSA) is 63.4 Å². The van der Waals surface area contributed by atoms with E-state index in [2.05, 4.69) is 50.0 Å². The molecule has 3 aliphatic rings. The Morgan fingerprint density at radius 2 is 1.92 bits per heavy atom. The second-order valence-corrected chi connectivity index (χ2v) is 8.90. The van der Waals surface area contributed by atoms with E-state index in [1.165, 1.54) is 17.7 Å². The zero-order chi connectivity index (χ0) is 18.5. The molecule has 4 unspecified atom stereocenters. The lowest BCUT2D eigenvalue weighted by molar-refractivity contribution is -0.00546. The van der Waals surface area contributed by atoms with Gasteiger partial charge in [0.05, 0.1) is 23.6 Å². The zero-order valence-electron chi connectivity index (χ0n) is 16.5. The maximum Gasteiger partial charge on any atom is 0.129 e. The van der Waals surface area contributed by atoms with Crippen LogP contribution in [-0.2, 0) is 4.74 Å². The van der Waals surface area contributed by atoms with Crippen LogP contribution in [0.5, 0.6) is 0 Å². The summed E-state index contributed by atoms with van der Waals surface area (Å²) < 4.78 is 5.84. The van der Waals surface area contributed by atoms with Crippen molar-refractivity contribution in [1.82, 2.24) is 4.98 Å². The second-order valence-electron chi connectivity index (χ2n) is 8.90. The number of aryl methyl sites for hydroxylation is 1. The highest BCUT2D eigenvalue weighted by Crippen LogP contribution is 2.46. The smallest absolute Gasteiger partial charge is 0.129 e. The second kappa shape index (κ2) is 6.54. The molecule has 2 heterocycles. The van der Waals surface area contributed by atoms with Gasteiger partial charge in [0.1, 0.15) is 5.82 Å². The molecule has 1 saturated heterocycles. The zero-order valence-corrected chi connectivity index (χ0v) is 16.5. The molecule has 26 heavy (non-hydrogen) atoms. The summed E-state index contributed by atoms with van der Waals surface area (Å²) in [4.78, 5) is 7.21. The van der Waals surface area contributed by atoms with Crippen molar-refractivity contribution in [2.75, 3.05) is 23.3 Å². The molecule has 1 aromatic heterocycles. The highest BCUT2D eigenvalue weighted by atomic mass is 16.5. The maximum absolute atomic E-state index is 6.60. The maximum atomic E-state index is 6.60. The Morgan fingerprint density at radius 3 is 2.62 bits per heavy atom. The van der Waals surface area contributed by atoms with E-state index in [-0.39, 0.29) is 17.7 Å². The summed E-state index contributed by atoms with van der Waals surface area (Å²) >= 11 is 0. The number of aromatic nitrogens is 1. The standard InChI is InChI=1S/C21H32N4O/c1-13-7-17-9-21(22,8-13)10-19(17)24-18-5-6-20(23-16(18)4)25-11-14(2)26-15(3)12-25/h5-6,13-15,24H,7-12,22H2,1-4H3. The minimum Gasteiger partial charge on any atom is -0.372 e. The van der Waals surface area contributed by atoms with Crippen LogP contribution in [0.25, 0.3) is 0 Å². The number of morpholine rings is 1. The van der Waals surface area contributed by atoms with E-state index >= 15 is 0 Å². The average molecular weight is 357 g/mol. The van der Waals surface area contributed by atoms with Gasteiger partial charge in [-0.2, -0.15) is 0 Å². The highest BCUT2D eigenvalue weighted by molar-refractivity contribution is 5.58. The van der Waals surface area contributed by atoms with Gasteiger partial charge in [0.2, 0.25) is 0 Å². The number of anilines is 2. The van der Waals surface area contributed by atoms with E-state index in [9.17, 15) is 0 Å². The van der Waals surface area contributed by atoms with Gasteiger partial charge in [-0.3, -0.25) is 0 Å². The van der Waals surface area contributed by atoms with Crippen molar-refractivity contribution in [3.05, 3.63) is 29.1 Å². The van der Waals surface area contributed by atoms with Gasteiger partial charge in [0.25, 0.3) is 0 Å². The number of nitrogens with zero attached hydrogens (tertiary/aromatic N) is 2. The SMILES string of the molecule is Cc1nc(N2CC(C)OC(C)C2)ccc1NC1=C2CC(C)CC(N)(C2)C1. The van der Waals surface area contributed by atoms with Crippen molar-refractivity contribution in [2.45, 2.75) is 71.1 Å². The van der Waals surface area contributed by atoms with Crippen molar-refractivity contribution in [3.63, 3.8) is 0 Å². The van der Waals surface area contributed by atoms with Crippen molar-refractivity contribution in [2.24, 2.45) is 11.7 Å². The average Bonchev–Trinajstić information content (AvgIpc) is 2.77. The number of pyridine rings is 1. The highest BCUT2D eigenvalue weighted by Gasteiger charge is 2.41. The van der Waals surface area contributed by atoms with Crippen molar-refractivity contribution in [1.29, 1.82) is 0 Å². The molecule has 3 N–H and O–H groups in total. The lowest BCUT2D eigenvalue weighted by Crippen LogP contribution is -2.45. The number of nitrogens with two attached hydrogens (primary N) is 1. The molecule has 2 aliphatic carbocycles. The van der Waals surface area contributed by atoms with Gasteiger partial charge in [-0.25, -0.2) is 4.98 Å². The van der Waals surface area contributed by atoms with Crippen molar-refractivity contribution >= 4 is 11.5 Å². The summed E-state index contributed by atoms with van der Waals surface area (Å²) in [6.07, 6.45) is 4.80. The molecule has 2 fully saturated rings. The number of fused-ring (bicyclic) bond motifs is 2. The van der Waals surface area contributed by atoms with E-state index in [1.54, 1.807) is 0 Å². The first-order valence-electron chi connectivity index (χ1n) is 9.96.